The monoisotopic (exact) mass is 435 g/mol. The maximum absolute atomic E-state index is 11.4. The number of esters is 1. The van der Waals surface area contributed by atoms with Crippen LogP contribution in [0.25, 0.3) is 33.5 Å². The molecule has 0 aliphatic heterocycles. The highest BCUT2D eigenvalue weighted by Gasteiger charge is 2.10. The summed E-state index contributed by atoms with van der Waals surface area (Å²) >= 11 is 5.95. The van der Waals surface area contributed by atoms with E-state index >= 15 is 0 Å². The van der Waals surface area contributed by atoms with Gasteiger partial charge in [0.2, 0.25) is 5.89 Å². The molecule has 0 saturated carbocycles. The van der Waals surface area contributed by atoms with Crippen molar-refractivity contribution in [3.8, 4) is 28.5 Å². The van der Waals surface area contributed by atoms with Crippen molar-refractivity contribution in [2.24, 2.45) is 0 Å². The summed E-state index contributed by atoms with van der Waals surface area (Å²) in [5.41, 5.74) is 2.61. The third kappa shape index (κ3) is 5.25. The fourth-order valence-electron chi connectivity index (χ4n) is 3.25. The van der Waals surface area contributed by atoms with Gasteiger partial charge in [-0.05, 0) is 60.5 Å². The first kappa shape index (κ1) is 20.9. The van der Waals surface area contributed by atoms with Gasteiger partial charge in [0.25, 0.3) is 0 Å². The van der Waals surface area contributed by atoms with Crippen LogP contribution in [0.15, 0.2) is 71.3 Å². The minimum absolute atomic E-state index is 0.192. The number of halogens is 1. The number of ether oxygens (including phenoxy) is 2. The van der Waals surface area contributed by atoms with Gasteiger partial charge in [-0.3, -0.25) is 4.79 Å². The van der Waals surface area contributed by atoms with Crippen LogP contribution in [0.3, 0.4) is 0 Å². The van der Waals surface area contributed by atoms with Gasteiger partial charge in [0, 0.05) is 22.6 Å². The van der Waals surface area contributed by atoms with E-state index in [1.54, 1.807) is 13.2 Å². The molecule has 0 spiro atoms. The molecule has 0 fully saturated rings. The third-order valence-electron chi connectivity index (χ3n) is 4.80. The van der Waals surface area contributed by atoms with Crippen LogP contribution in [-0.2, 0) is 9.53 Å². The second kappa shape index (κ2) is 9.67. The smallest absolute Gasteiger partial charge is 0.305 e. The highest BCUT2D eigenvalue weighted by molar-refractivity contribution is 6.30. The van der Waals surface area contributed by atoms with Gasteiger partial charge >= 0.3 is 5.97 Å². The minimum Gasteiger partial charge on any atom is -0.494 e. The SMILES string of the molecule is CCOC(=O)CCCOc1ccc2cc(-c3nc(-c4ccc(Cl)cc4)co3)ccc2c1. The molecule has 4 aromatic rings. The van der Waals surface area contributed by atoms with E-state index in [1.807, 2.05) is 60.7 Å². The van der Waals surface area contributed by atoms with E-state index in [1.165, 1.54) is 0 Å². The predicted octanol–water partition coefficient (Wildman–Crippen LogP) is 6.54. The van der Waals surface area contributed by atoms with E-state index in [0.717, 1.165) is 33.3 Å². The maximum Gasteiger partial charge on any atom is 0.305 e. The normalized spacial score (nSPS) is 10.9. The molecule has 0 amide bonds. The molecule has 158 valence electrons. The van der Waals surface area contributed by atoms with Crippen molar-refractivity contribution in [2.75, 3.05) is 13.2 Å². The van der Waals surface area contributed by atoms with Crippen LogP contribution in [0.5, 0.6) is 5.75 Å². The number of aromatic nitrogens is 1. The van der Waals surface area contributed by atoms with Gasteiger partial charge in [0.15, 0.2) is 0 Å². The first-order valence-electron chi connectivity index (χ1n) is 10.2. The molecular formula is C25H22ClNO4. The number of rotatable bonds is 8. The van der Waals surface area contributed by atoms with E-state index in [0.29, 0.717) is 37.0 Å². The van der Waals surface area contributed by atoms with Gasteiger partial charge in [-0.2, -0.15) is 0 Å². The molecule has 31 heavy (non-hydrogen) atoms. The van der Waals surface area contributed by atoms with E-state index in [2.05, 4.69) is 4.98 Å². The molecule has 0 aliphatic carbocycles. The number of nitrogens with zero attached hydrogens (tertiary/aromatic N) is 1. The highest BCUT2D eigenvalue weighted by atomic mass is 35.5. The van der Waals surface area contributed by atoms with Gasteiger partial charge < -0.3 is 13.9 Å². The third-order valence-corrected chi connectivity index (χ3v) is 5.05. The molecule has 4 rings (SSSR count). The Morgan fingerprint density at radius 2 is 1.74 bits per heavy atom. The number of benzene rings is 3. The van der Waals surface area contributed by atoms with Crippen molar-refractivity contribution in [2.45, 2.75) is 19.8 Å². The van der Waals surface area contributed by atoms with Crippen LogP contribution < -0.4 is 4.74 Å². The molecule has 0 atom stereocenters. The lowest BCUT2D eigenvalue weighted by Crippen LogP contribution is -2.06. The first-order valence-corrected chi connectivity index (χ1v) is 10.5. The summed E-state index contributed by atoms with van der Waals surface area (Å²) in [5, 5.41) is 2.79. The van der Waals surface area contributed by atoms with E-state index in [9.17, 15) is 4.79 Å². The molecule has 1 heterocycles. The van der Waals surface area contributed by atoms with Crippen LogP contribution in [0.2, 0.25) is 5.02 Å². The van der Waals surface area contributed by atoms with Crippen molar-refractivity contribution < 1.29 is 18.7 Å². The van der Waals surface area contributed by atoms with Crippen molar-refractivity contribution in [1.82, 2.24) is 4.98 Å². The Bertz CT molecular complexity index is 1180. The molecular weight excluding hydrogens is 414 g/mol. The van der Waals surface area contributed by atoms with Crippen molar-refractivity contribution >= 4 is 28.3 Å². The van der Waals surface area contributed by atoms with Gasteiger partial charge in [0.05, 0.1) is 13.2 Å². The number of carbonyl (C=O) groups is 1. The van der Waals surface area contributed by atoms with E-state index in [4.69, 9.17) is 25.5 Å². The molecule has 3 aromatic carbocycles. The van der Waals surface area contributed by atoms with Crippen LogP contribution in [0.1, 0.15) is 19.8 Å². The molecule has 0 aliphatic rings. The standard InChI is InChI=1S/C25H22ClNO4/c1-2-29-24(28)4-3-13-30-22-12-9-18-14-20(6-5-19(18)15-22)25-27-23(16-31-25)17-7-10-21(26)11-8-17/h5-12,14-16H,2-4,13H2,1H3. The summed E-state index contributed by atoms with van der Waals surface area (Å²) in [7, 11) is 0. The van der Waals surface area contributed by atoms with Gasteiger partial charge in [0.1, 0.15) is 17.7 Å². The Labute approximate surface area is 185 Å². The molecule has 5 nitrogen and oxygen atoms in total. The van der Waals surface area contributed by atoms with Crippen molar-refractivity contribution in [3.05, 3.63) is 71.9 Å². The molecule has 0 saturated heterocycles. The van der Waals surface area contributed by atoms with Gasteiger partial charge in [-0.15, -0.1) is 0 Å². The zero-order chi connectivity index (χ0) is 21.6. The second-order valence-corrected chi connectivity index (χ2v) is 7.46. The van der Waals surface area contributed by atoms with Gasteiger partial charge in [-0.25, -0.2) is 4.98 Å². The van der Waals surface area contributed by atoms with Crippen LogP contribution in [-0.4, -0.2) is 24.2 Å². The summed E-state index contributed by atoms with van der Waals surface area (Å²) in [6, 6.07) is 19.4. The zero-order valence-corrected chi connectivity index (χ0v) is 17.9. The predicted molar refractivity (Wildman–Crippen MR) is 121 cm³/mol. The Balaban J connectivity index is 1.44. The van der Waals surface area contributed by atoms with Crippen LogP contribution in [0, 0.1) is 0 Å². The molecule has 0 N–H and O–H groups in total. The molecule has 0 bridgehead atoms. The number of carbonyl (C=O) groups excluding carboxylic acids is 1. The lowest BCUT2D eigenvalue weighted by atomic mass is 10.1. The summed E-state index contributed by atoms with van der Waals surface area (Å²) < 4.78 is 16.4. The Morgan fingerprint density at radius 1 is 1.00 bits per heavy atom. The second-order valence-electron chi connectivity index (χ2n) is 7.03. The van der Waals surface area contributed by atoms with Crippen LogP contribution in [0.4, 0.5) is 0 Å². The molecule has 6 heteroatoms. The topological polar surface area (TPSA) is 61.6 Å². The van der Waals surface area contributed by atoms with Crippen LogP contribution >= 0.6 is 11.6 Å². The number of fused-ring (bicyclic) bond motifs is 1. The largest absolute Gasteiger partial charge is 0.494 e. The number of hydrogen-bond donors (Lipinski definition) is 0. The van der Waals surface area contributed by atoms with Crippen molar-refractivity contribution in [3.63, 3.8) is 0 Å². The maximum atomic E-state index is 11.4. The first-order chi connectivity index (χ1) is 15.1. The molecule has 1 aromatic heterocycles. The highest BCUT2D eigenvalue weighted by Crippen LogP contribution is 2.29. The molecule has 0 radical (unpaired) electrons. The zero-order valence-electron chi connectivity index (χ0n) is 17.1. The summed E-state index contributed by atoms with van der Waals surface area (Å²) in [5.74, 6) is 1.14. The number of oxazole rings is 1. The van der Waals surface area contributed by atoms with E-state index < -0.39 is 0 Å². The lowest BCUT2D eigenvalue weighted by molar-refractivity contribution is -0.143. The van der Waals surface area contributed by atoms with Crippen molar-refractivity contribution in [1.29, 1.82) is 0 Å². The summed E-state index contributed by atoms with van der Waals surface area (Å²) in [6.07, 6.45) is 2.63. The minimum atomic E-state index is -0.192. The quantitative estimate of drug-likeness (QED) is 0.232. The Morgan fingerprint density at radius 3 is 2.55 bits per heavy atom. The fourth-order valence-corrected chi connectivity index (χ4v) is 3.37. The van der Waals surface area contributed by atoms with Gasteiger partial charge in [-0.1, -0.05) is 35.9 Å². The van der Waals surface area contributed by atoms with E-state index in [-0.39, 0.29) is 5.97 Å². The average molecular weight is 436 g/mol. The molecule has 0 unspecified atom stereocenters. The fraction of sp³-hybridized carbons (Fsp3) is 0.200. The Hall–Kier alpha value is -3.31. The lowest BCUT2D eigenvalue weighted by Gasteiger charge is -2.08. The summed E-state index contributed by atoms with van der Waals surface area (Å²) in [4.78, 5) is 16.0. The average Bonchev–Trinajstić information content (AvgIpc) is 3.27. The number of hydrogen-bond acceptors (Lipinski definition) is 5. The Kier molecular flexibility index (Phi) is 6.53. The summed E-state index contributed by atoms with van der Waals surface area (Å²) in [6.45, 7) is 2.67.